The molecule has 3 rings (SSSR count). The topological polar surface area (TPSA) is 39.7 Å². The molecule has 1 heterocycles. The number of likely N-dealkylation sites (tertiary alicyclic amines) is 1. The third-order valence-electron chi connectivity index (χ3n) is 5.39. The maximum Gasteiger partial charge on any atom is 0.191 e. The summed E-state index contributed by atoms with van der Waals surface area (Å²) in [5.74, 6) is 1.38. The van der Waals surface area contributed by atoms with E-state index in [9.17, 15) is 4.39 Å². The Morgan fingerprint density at radius 2 is 2.16 bits per heavy atom. The zero-order valence-electron chi connectivity index (χ0n) is 15.2. The number of nitrogens with zero attached hydrogens (tertiary/aromatic N) is 2. The fourth-order valence-corrected chi connectivity index (χ4v) is 3.69. The molecule has 2 aliphatic rings. The van der Waals surface area contributed by atoms with Crippen LogP contribution in [0.5, 0.6) is 0 Å². The van der Waals surface area contributed by atoms with Gasteiger partial charge in [-0.2, -0.15) is 0 Å². The monoisotopic (exact) mass is 460 g/mol. The standard InChI is InChI=1S/C19H29FN4.HI/c1-21-18(22-12-15-5-4-10-24(2)13-15)23-14-19(8-9-19)16-6-3-7-17(20)11-16;/h3,6-7,11,15H,4-5,8-10,12-14H2,1-2H3,(H2,21,22,23);1H. The molecule has 1 aromatic carbocycles. The second-order valence-electron chi connectivity index (χ2n) is 7.37. The first-order chi connectivity index (χ1) is 11.6. The smallest absolute Gasteiger partial charge is 0.191 e. The van der Waals surface area contributed by atoms with Gasteiger partial charge in [-0.05, 0) is 62.9 Å². The second-order valence-corrected chi connectivity index (χ2v) is 7.37. The minimum atomic E-state index is -0.150. The van der Waals surface area contributed by atoms with Gasteiger partial charge in [-0.25, -0.2) is 4.39 Å². The summed E-state index contributed by atoms with van der Waals surface area (Å²) in [6, 6.07) is 7.01. The number of aliphatic imine (C=N–C) groups is 1. The van der Waals surface area contributed by atoms with Crippen molar-refractivity contribution >= 4 is 29.9 Å². The van der Waals surface area contributed by atoms with Crippen molar-refractivity contribution in [3.05, 3.63) is 35.6 Å². The first-order valence-corrected chi connectivity index (χ1v) is 9.00. The van der Waals surface area contributed by atoms with Gasteiger partial charge in [0.25, 0.3) is 0 Å². The molecule has 4 nitrogen and oxygen atoms in total. The molecule has 2 N–H and O–H groups in total. The molecule has 0 radical (unpaired) electrons. The zero-order chi connectivity index (χ0) is 17.0. The molecule has 1 saturated carbocycles. The van der Waals surface area contributed by atoms with E-state index in [1.807, 2.05) is 13.1 Å². The first-order valence-electron chi connectivity index (χ1n) is 9.00. The van der Waals surface area contributed by atoms with Crippen LogP contribution in [0, 0.1) is 11.7 Å². The lowest BCUT2D eigenvalue weighted by Gasteiger charge is -2.30. The van der Waals surface area contributed by atoms with Crippen LogP contribution < -0.4 is 10.6 Å². The van der Waals surface area contributed by atoms with Gasteiger partial charge in [-0.15, -0.1) is 24.0 Å². The Bertz CT molecular complexity index is 589. The van der Waals surface area contributed by atoms with Crippen LogP contribution in [0.4, 0.5) is 4.39 Å². The molecule has 1 aliphatic heterocycles. The van der Waals surface area contributed by atoms with Crippen LogP contribution in [0.1, 0.15) is 31.2 Å². The summed E-state index contributed by atoms with van der Waals surface area (Å²) in [6.45, 7) is 4.12. The minimum absolute atomic E-state index is 0. The predicted molar refractivity (Wildman–Crippen MR) is 112 cm³/mol. The molecule has 2 fully saturated rings. The highest BCUT2D eigenvalue weighted by Gasteiger charge is 2.44. The molecular formula is C19H30FIN4. The largest absolute Gasteiger partial charge is 0.356 e. The highest BCUT2D eigenvalue weighted by molar-refractivity contribution is 14.0. The summed E-state index contributed by atoms with van der Waals surface area (Å²) in [5.41, 5.74) is 1.17. The van der Waals surface area contributed by atoms with E-state index in [0.717, 1.165) is 44.0 Å². The number of rotatable bonds is 5. The van der Waals surface area contributed by atoms with E-state index >= 15 is 0 Å². The van der Waals surface area contributed by atoms with Crippen molar-refractivity contribution in [3.8, 4) is 0 Å². The molecule has 0 bridgehead atoms. The van der Waals surface area contributed by atoms with Crippen molar-refractivity contribution in [3.63, 3.8) is 0 Å². The lowest BCUT2D eigenvalue weighted by atomic mass is 9.96. The Morgan fingerprint density at radius 3 is 2.80 bits per heavy atom. The maximum absolute atomic E-state index is 13.5. The molecular weight excluding hydrogens is 430 g/mol. The molecule has 25 heavy (non-hydrogen) atoms. The summed E-state index contributed by atoms with van der Waals surface area (Å²) in [4.78, 5) is 6.74. The number of halogens is 2. The Labute approximate surface area is 167 Å². The SMILES string of the molecule is CN=C(NCC1CCCN(C)C1)NCC1(c2cccc(F)c2)CC1.I. The van der Waals surface area contributed by atoms with Crippen molar-refractivity contribution in [2.24, 2.45) is 10.9 Å². The summed E-state index contributed by atoms with van der Waals surface area (Å²) in [6.07, 6.45) is 4.76. The number of benzene rings is 1. The van der Waals surface area contributed by atoms with E-state index in [1.165, 1.54) is 25.5 Å². The number of hydrogen-bond donors (Lipinski definition) is 2. The van der Waals surface area contributed by atoms with Crippen LogP contribution in [0.15, 0.2) is 29.3 Å². The third-order valence-corrected chi connectivity index (χ3v) is 5.39. The predicted octanol–water partition coefficient (Wildman–Crippen LogP) is 2.98. The molecule has 0 spiro atoms. The molecule has 0 amide bonds. The highest BCUT2D eigenvalue weighted by Crippen LogP contribution is 2.47. The second kappa shape index (κ2) is 9.16. The molecule has 6 heteroatoms. The highest BCUT2D eigenvalue weighted by atomic mass is 127. The van der Waals surface area contributed by atoms with E-state index in [-0.39, 0.29) is 35.2 Å². The number of guanidine groups is 1. The third kappa shape index (κ3) is 5.54. The van der Waals surface area contributed by atoms with Gasteiger partial charge in [-0.3, -0.25) is 4.99 Å². The molecule has 1 saturated heterocycles. The van der Waals surface area contributed by atoms with Gasteiger partial charge in [0.15, 0.2) is 5.96 Å². The van der Waals surface area contributed by atoms with Crippen LogP contribution >= 0.6 is 24.0 Å². The van der Waals surface area contributed by atoms with Crippen LogP contribution in [0.2, 0.25) is 0 Å². The van der Waals surface area contributed by atoms with E-state index in [2.05, 4.69) is 27.6 Å². The lowest BCUT2D eigenvalue weighted by molar-refractivity contribution is 0.210. The number of hydrogen-bond acceptors (Lipinski definition) is 2. The Hall–Kier alpha value is -0.890. The average Bonchev–Trinajstić information content (AvgIpc) is 3.36. The average molecular weight is 460 g/mol. The van der Waals surface area contributed by atoms with Crippen LogP contribution in [-0.2, 0) is 5.41 Å². The van der Waals surface area contributed by atoms with E-state index in [0.29, 0.717) is 5.92 Å². The molecule has 1 unspecified atom stereocenters. The van der Waals surface area contributed by atoms with Gasteiger partial charge >= 0.3 is 0 Å². The molecule has 1 atom stereocenters. The van der Waals surface area contributed by atoms with E-state index in [4.69, 9.17) is 0 Å². The van der Waals surface area contributed by atoms with Gasteiger partial charge in [0.1, 0.15) is 5.82 Å². The van der Waals surface area contributed by atoms with Crippen LogP contribution in [-0.4, -0.2) is 51.1 Å². The fraction of sp³-hybridized carbons (Fsp3) is 0.632. The van der Waals surface area contributed by atoms with Crippen LogP contribution in [0.3, 0.4) is 0 Å². The molecule has 1 aliphatic carbocycles. The lowest BCUT2D eigenvalue weighted by Crippen LogP contribution is -2.45. The Kier molecular flexibility index (Phi) is 7.49. The minimum Gasteiger partial charge on any atom is -0.356 e. The zero-order valence-corrected chi connectivity index (χ0v) is 17.6. The fourth-order valence-electron chi connectivity index (χ4n) is 3.69. The summed E-state index contributed by atoms with van der Waals surface area (Å²) < 4.78 is 13.5. The van der Waals surface area contributed by atoms with Gasteiger partial charge in [0, 0.05) is 32.1 Å². The van der Waals surface area contributed by atoms with Crippen molar-refractivity contribution < 1.29 is 4.39 Å². The van der Waals surface area contributed by atoms with Crippen LogP contribution in [0.25, 0.3) is 0 Å². The van der Waals surface area contributed by atoms with Crippen molar-refractivity contribution in [2.75, 3.05) is 40.3 Å². The summed E-state index contributed by atoms with van der Waals surface area (Å²) in [7, 11) is 4.00. The van der Waals surface area contributed by atoms with Gasteiger partial charge in [0.2, 0.25) is 0 Å². The number of piperidine rings is 1. The van der Waals surface area contributed by atoms with Gasteiger partial charge in [-0.1, -0.05) is 12.1 Å². The quantitative estimate of drug-likeness (QED) is 0.403. The Morgan fingerprint density at radius 1 is 1.36 bits per heavy atom. The number of nitrogens with one attached hydrogen (secondary N) is 2. The van der Waals surface area contributed by atoms with Crippen molar-refractivity contribution in [1.29, 1.82) is 0 Å². The van der Waals surface area contributed by atoms with Crippen molar-refractivity contribution in [2.45, 2.75) is 31.1 Å². The van der Waals surface area contributed by atoms with E-state index < -0.39 is 0 Å². The van der Waals surface area contributed by atoms with E-state index in [1.54, 1.807) is 12.1 Å². The molecule has 0 aromatic heterocycles. The van der Waals surface area contributed by atoms with Gasteiger partial charge < -0.3 is 15.5 Å². The Balaban J connectivity index is 0.00000225. The molecule has 1 aromatic rings. The van der Waals surface area contributed by atoms with Gasteiger partial charge in [0.05, 0.1) is 0 Å². The van der Waals surface area contributed by atoms with Crippen molar-refractivity contribution in [1.82, 2.24) is 15.5 Å². The normalized spacial score (nSPS) is 22.8. The summed E-state index contributed by atoms with van der Waals surface area (Å²) in [5, 5.41) is 6.90. The molecule has 140 valence electrons. The maximum atomic E-state index is 13.5. The first kappa shape index (κ1) is 20.4. The summed E-state index contributed by atoms with van der Waals surface area (Å²) >= 11 is 0.